The minimum atomic E-state index is -0.270. The number of carbonyl (C=O) groups excluding carboxylic acids is 1. The molecule has 21 heavy (non-hydrogen) atoms. The average molecular weight is 285 g/mol. The monoisotopic (exact) mass is 285 g/mol. The highest BCUT2D eigenvalue weighted by atomic mass is 16.1. The molecule has 2 N–H and O–H groups in total. The van der Waals surface area contributed by atoms with Crippen molar-refractivity contribution < 1.29 is 4.79 Å². The second kappa shape index (κ2) is 4.89. The minimum absolute atomic E-state index is 0.270. The van der Waals surface area contributed by atoms with E-state index in [9.17, 15) is 4.79 Å². The van der Waals surface area contributed by atoms with Gasteiger partial charge in [-0.05, 0) is 13.0 Å². The van der Waals surface area contributed by atoms with E-state index >= 15 is 0 Å². The van der Waals surface area contributed by atoms with E-state index in [1.807, 2.05) is 6.92 Å². The topological polar surface area (TPSA) is 89.1 Å². The van der Waals surface area contributed by atoms with E-state index in [0.717, 1.165) is 5.69 Å². The maximum atomic E-state index is 12.4. The molecule has 8 heteroatoms. The summed E-state index contributed by atoms with van der Waals surface area (Å²) in [4.78, 5) is 16.7. The molecule has 0 saturated heterocycles. The van der Waals surface area contributed by atoms with Gasteiger partial charge in [-0.3, -0.25) is 9.48 Å². The minimum Gasteiger partial charge on any atom is -0.373 e. The van der Waals surface area contributed by atoms with Crippen LogP contribution in [-0.2, 0) is 7.05 Å². The summed E-state index contributed by atoms with van der Waals surface area (Å²) in [5.74, 6) is 1.03. The summed E-state index contributed by atoms with van der Waals surface area (Å²) < 4.78 is 3.18. The first-order valence-corrected chi connectivity index (χ1v) is 6.42. The van der Waals surface area contributed by atoms with E-state index in [1.165, 1.54) is 6.20 Å². The van der Waals surface area contributed by atoms with E-state index < -0.39 is 0 Å². The number of rotatable bonds is 3. The molecule has 0 saturated carbocycles. The highest BCUT2D eigenvalue weighted by molar-refractivity contribution is 6.07. The lowest BCUT2D eigenvalue weighted by Gasteiger charge is -2.04. The van der Waals surface area contributed by atoms with Gasteiger partial charge in [0.1, 0.15) is 17.2 Å². The summed E-state index contributed by atoms with van der Waals surface area (Å²) in [7, 11) is 3.55. The Hall–Kier alpha value is -2.90. The Labute approximate surface area is 120 Å². The molecule has 0 aliphatic carbocycles. The third kappa shape index (κ3) is 2.31. The van der Waals surface area contributed by atoms with Crippen molar-refractivity contribution in [2.24, 2.45) is 7.05 Å². The first kappa shape index (κ1) is 13.1. The quantitative estimate of drug-likeness (QED) is 0.751. The maximum Gasteiger partial charge on any atom is 0.262 e. The molecule has 0 unspecified atom stereocenters. The molecular formula is C13H15N7O. The third-order valence-corrected chi connectivity index (χ3v) is 3.11. The number of fused-ring (bicyclic) bond motifs is 1. The van der Waals surface area contributed by atoms with E-state index in [1.54, 1.807) is 41.6 Å². The lowest BCUT2D eigenvalue weighted by atomic mass is 10.3. The second-order valence-electron chi connectivity index (χ2n) is 4.64. The molecule has 0 bridgehead atoms. The summed E-state index contributed by atoms with van der Waals surface area (Å²) >= 11 is 0. The van der Waals surface area contributed by atoms with Crippen LogP contribution < -0.4 is 10.6 Å². The number of nitrogens with one attached hydrogen (secondary N) is 2. The van der Waals surface area contributed by atoms with Gasteiger partial charge in [-0.1, -0.05) is 0 Å². The molecule has 0 fully saturated rings. The Kier molecular flexibility index (Phi) is 3.05. The average Bonchev–Trinajstić information content (AvgIpc) is 3.01. The van der Waals surface area contributed by atoms with Crippen LogP contribution >= 0.6 is 0 Å². The zero-order chi connectivity index (χ0) is 15.0. The molecule has 3 rings (SSSR count). The first-order chi connectivity index (χ1) is 10.1. The van der Waals surface area contributed by atoms with Gasteiger partial charge in [0.15, 0.2) is 5.65 Å². The molecule has 0 aliphatic rings. The van der Waals surface area contributed by atoms with Crippen LogP contribution in [-0.4, -0.2) is 37.3 Å². The van der Waals surface area contributed by atoms with Gasteiger partial charge in [-0.2, -0.15) is 10.2 Å². The third-order valence-electron chi connectivity index (χ3n) is 3.11. The Bertz CT molecular complexity index is 817. The number of anilines is 2. The molecule has 3 aromatic rings. The number of aryl methyl sites for hydroxylation is 2. The lowest BCUT2D eigenvalue weighted by Crippen LogP contribution is -2.14. The molecule has 0 aliphatic heterocycles. The zero-order valence-electron chi connectivity index (χ0n) is 12.0. The van der Waals surface area contributed by atoms with Crippen LogP contribution in [0.1, 0.15) is 16.1 Å². The van der Waals surface area contributed by atoms with E-state index in [2.05, 4.69) is 25.8 Å². The van der Waals surface area contributed by atoms with Crippen LogP contribution in [0, 0.1) is 6.92 Å². The van der Waals surface area contributed by atoms with Crippen molar-refractivity contribution >= 4 is 23.2 Å². The standard InChI is InChI=1S/C13H15N7O/c1-8-6-11(19(3)18-8)17-13(21)9-7-15-20-5-4-10(14-2)16-12(9)20/h4-7H,1-3H3,(H,14,16)(H,17,21). The van der Waals surface area contributed by atoms with E-state index in [0.29, 0.717) is 22.8 Å². The first-order valence-electron chi connectivity index (χ1n) is 6.42. The smallest absolute Gasteiger partial charge is 0.262 e. The predicted octanol–water partition coefficient (Wildman–Crippen LogP) is 1.07. The molecular weight excluding hydrogens is 270 g/mol. The molecule has 3 heterocycles. The Morgan fingerprint density at radius 3 is 2.86 bits per heavy atom. The fourth-order valence-corrected chi connectivity index (χ4v) is 2.08. The molecule has 0 radical (unpaired) electrons. The number of nitrogens with zero attached hydrogens (tertiary/aromatic N) is 5. The van der Waals surface area contributed by atoms with Crippen molar-refractivity contribution in [2.45, 2.75) is 6.92 Å². The summed E-state index contributed by atoms with van der Waals surface area (Å²) in [6.45, 7) is 1.87. The van der Waals surface area contributed by atoms with Gasteiger partial charge in [0, 0.05) is 26.4 Å². The molecule has 8 nitrogen and oxygen atoms in total. The normalized spacial score (nSPS) is 10.8. The van der Waals surface area contributed by atoms with Crippen molar-refractivity contribution in [1.82, 2.24) is 24.4 Å². The summed E-state index contributed by atoms with van der Waals surface area (Å²) in [6, 6.07) is 3.59. The second-order valence-corrected chi connectivity index (χ2v) is 4.64. The molecule has 0 aromatic carbocycles. The van der Waals surface area contributed by atoms with Crippen LogP contribution in [0.3, 0.4) is 0 Å². The summed E-state index contributed by atoms with van der Waals surface area (Å²) in [5, 5.41) is 14.1. The van der Waals surface area contributed by atoms with Gasteiger partial charge < -0.3 is 10.6 Å². The van der Waals surface area contributed by atoms with Gasteiger partial charge in [-0.15, -0.1) is 0 Å². The number of carbonyl (C=O) groups is 1. The Morgan fingerprint density at radius 1 is 1.38 bits per heavy atom. The lowest BCUT2D eigenvalue weighted by molar-refractivity contribution is 0.102. The fourth-order valence-electron chi connectivity index (χ4n) is 2.08. The van der Waals surface area contributed by atoms with E-state index in [-0.39, 0.29) is 5.91 Å². The van der Waals surface area contributed by atoms with Crippen LogP contribution in [0.2, 0.25) is 0 Å². The summed E-state index contributed by atoms with van der Waals surface area (Å²) in [5.41, 5.74) is 1.74. The van der Waals surface area contributed by atoms with Crippen LogP contribution in [0.25, 0.3) is 5.65 Å². The Morgan fingerprint density at radius 2 is 2.19 bits per heavy atom. The van der Waals surface area contributed by atoms with Crippen LogP contribution in [0.4, 0.5) is 11.6 Å². The highest BCUT2D eigenvalue weighted by Gasteiger charge is 2.16. The van der Waals surface area contributed by atoms with Gasteiger partial charge in [0.2, 0.25) is 0 Å². The molecule has 3 aromatic heterocycles. The van der Waals surface area contributed by atoms with Gasteiger partial charge >= 0.3 is 0 Å². The molecule has 108 valence electrons. The van der Waals surface area contributed by atoms with Crippen LogP contribution in [0.5, 0.6) is 0 Å². The predicted molar refractivity (Wildman–Crippen MR) is 78.4 cm³/mol. The van der Waals surface area contributed by atoms with Gasteiger partial charge in [-0.25, -0.2) is 9.50 Å². The van der Waals surface area contributed by atoms with Crippen molar-refractivity contribution in [2.75, 3.05) is 17.7 Å². The van der Waals surface area contributed by atoms with Gasteiger partial charge in [0.05, 0.1) is 11.9 Å². The van der Waals surface area contributed by atoms with Crippen molar-refractivity contribution in [3.63, 3.8) is 0 Å². The van der Waals surface area contributed by atoms with Crippen molar-refractivity contribution in [3.05, 3.63) is 35.8 Å². The molecule has 1 amide bonds. The largest absolute Gasteiger partial charge is 0.373 e. The van der Waals surface area contributed by atoms with E-state index in [4.69, 9.17) is 0 Å². The van der Waals surface area contributed by atoms with Crippen molar-refractivity contribution in [1.29, 1.82) is 0 Å². The fraction of sp³-hybridized carbons (Fsp3) is 0.231. The number of hydrogen-bond donors (Lipinski definition) is 2. The highest BCUT2D eigenvalue weighted by Crippen LogP contribution is 2.14. The number of hydrogen-bond acceptors (Lipinski definition) is 5. The Balaban J connectivity index is 1.96. The maximum absolute atomic E-state index is 12.4. The zero-order valence-corrected chi connectivity index (χ0v) is 12.0. The SMILES string of the molecule is CNc1ccn2ncc(C(=O)Nc3cc(C)nn3C)c2n1. The number of aromatic nitrogens is 5. The number of amides is 1. The molecule has 0 atom stereocenters. The van der Waals surface area contributed by atoms with Crippen LogP contribution in [0.15, 0.2) is 24.5 Å². The molecule has 0 spiro atoms. The summed E-state index contributed by atoms with van der Waals surface area (Å²) in [6.07, 6.45) is 3.25. The van der Waals surface area contributed by atoms with Crippen molar-refractivity contribution in [3.8, 4) is 0 Å². The van der Waals surface area contributed by atoms with Gasteiger partial charge in [0.25, 0.3) is 5.91 Å².